The molecule has 0 bridgehead atoms. The molecule has 0 unspecified atom stereocenters. The molecule has 0 aliphatic heterocycles. The molecule has 0 aliphatic carbocycles. The molecule has 0 aliphatic rings. The number of carbonyl (C=O) groups excluding carboxylic acids is 1. The van der Waals surface area contributed by atoms with Gasteiger partial charge in [0.05, 0.1) is 5.75 Å². The standard InChI is InChI=1S/C12H13NO2S/c1-2-5-9(14)8-16-12-13-10-6-3-4-7-11(10)15-12/h3-4,6-7H,2,5,8H2,1H3. The van der Waals surface area contributed by atoms with Gasteiger partial charge < -0.3 is 4.42 Å². The number of hydrogen-bond donors (Lipinski definition) is 0. The maximum absolute atomic E-state index is 11.3. The van der Waals surface area contributed by atoms with Crippen LogP contribution < -0.4 is 0 Å². The minimum absolute atomic E-state index is 0.245. The molecule has 16 heavy (non-hydrogen) atoms. The normalized spacial score (nSPS) is 10.8. The summed E-state index contributed by atoms with van der Waals surface area (Å²) < 4.78 is 5.50. The molecule has 0 saturated carbocycles. The van der Waals surface area contributed by atoms with Crippen LogP contribution in [0.1, 0.15) is 19.8 Å². The van der Waals surface area contributed by atoms with Crippen LogP contribution in [-0.4, -0.2) is 16.5 Å². The van der Waals surface area contributed by atoms with Gasteiger partial charge in [0.25, 0.3) is 5.22 Å². The van der Waals surface area contributed by atoms with Crippen molar-refractivity contribution >= 4 is 28.6 Å². The molecule has 0 radical (unpaired) electrons. The molecular weight excluding hydrogens is 222 g/mol. The van der Waals surface area contributed by atoms with E-state index in [4.69, 9.17) is 4.42 Å². The first kappa shape index (κ1) is 11.2. The third kappa shape index (κ3) is 2.64. The van der Waals surface area contributed by atoms with Gasteiger partial charge in [0, 0.05) is 6.42 Å². The number of nitrogens with zero attached hydrogens (tertiary/aromatic N) is 1. The minimum Gasteiger partial charge on any atom is -0.431 e. The monoisotopic (exact) mass is 235 g/mol. The molecule has 0 amide bonds. The Labute approximate surface area is 98.2 Å². The van der Waals surface area contributed by atoms with Crippen LogP contribution in [0.3, 0.4) is 0 Å². The van der Waals surface area contributed by atoms with Gasteiger partial charge in [0.1, 0.15) is 11.3 Å². The fourth-order valence-corrected chi connectivity index (χ4v) is 2.15. The SMILES string of the molecule is CCCC(=O)CSc1nc2ccccc2o1. The predicted molar refractivity (Wildman–Crippen MR) is 64.6 cm³/mol. The number of rotatable bonds is 5. The van der Waals surface area contributed by atoms with Crippen LogP contribution >= 0.6 is 11.8 Å². The van der Waals surface area contributed by atoms with Crippen molar-refractivity contribution in [1.29, 1.82) is 0 Å². The van der Waals surface area contributed by atoms with E-state index in [0.29, 0.717) is 17.4 Å². The van der Waals surface area contributed by atoms with Gasteiger partial charge in [-0.3, -0.25) is 4.79 Å². The van der Waals surface area contributed by atoms with E-state index in [9.17, 15) is 4.79 Å². The van der Waals surface area contributed by atoms with Crippen LogP contribution in [0.15, 0.2) is 33.9 Å². The second-order valence-electron chi connectivity index (χ2n) is 3.52. The molecule has 84 valence electrons. The molecule has 1 aromatic heterocycles. The molecule has 0 saturated heterocycles. The summed E-state index contributed by atoms with van der Waals surface area (Å²) in [6.07, 6.45) is 1.53. The predicted octanol–water partition coefficient (Wildman–Crippen LogP) is 3.29. The summed E-state index contributed by atoms with van der Waals surface area (Å²) in [5.74, 6) is 0.690. The molecule has 1 heterocycles. The van der Waals surface area contributed by atoms with E-state index in [2.05, 4.69) is 4.98 Å². The first-order chi connectivity index (χ1) is 7.79. The number of thioether (sulfide) groups is 1. The number of ketones is 1. The van der Waals surface area contributed by atoms with Crippen molar-refractivity contribution in [3.05, 3.63) is 24.3 Å². The maximum Gasteiger partial charge on any atom is 0.257 e. The lowest BCUT2D eigenvalue weighted by Gasteiger charge is -1.94. The maximum atomic E-state index is 11.3. The summed E-state index contributed by atoms with van der Waals surface area (Å²) >= 11 is 1.37. The molecule has 2 rings (SSSR count). The molecule has 3 nitrogen and oxygen atoms in total. The number of Topliss-reactive ketones (excluding diaryl/α,β-unsaturated/α-hetero) is 1. The fourth-order valence-electron chi connectivity index (χ4n) is 1.41. The molecule has 0 fully saturated rings. The highest BCUT2D eigenvalue weighted by Gasteiger charge is 2.08. The first-order valence-electron chi connectivity index (χ1n) is 5.29. The van der Waals surface area contributed by atoms with Gasteiger partial charge in [-0.15, -0.1) is 0 Å². The van der Waals surface area contributed by atoms with Crippen LogP contribution in [0.4, 0.5) is 0 Å². The minimum atomic E-state index is 0.245. The lowest BCUT2D eigenvalue weighted by molar-refractivity contribution is -0.116. The van der Waals surface area contributed by atoms with Crippen LogP contribution in [0.2, 0.25) is 0 Å². The third-order valence-electron chi connectivity index (χ3n) is 2.16. The Balaban J connectivity index is 2.02. The average molecular weight is 235 g/mol. The summed E-state index contributed by atoms with van der Waals surface area (Å²) in [5, 5.41) is 0.575. The Hall–Kier alpha value is -1.29. The van der Waals surface area contributed by atoms with E-state index < -0.39 is 0 Å². The van der Waals surface area contributed by atoms with E-state index in [1.54, 1.807) is 0 Å². The largest absolute Gasteiger partial charge is 0.431 e. The number of aromatic nitrogens is 1. The van der Waals surface area contributed by atoms with Gasteiger partial charge >= 0.3 is 0 Å². The van der Waals surface area contributed by atoms with E-state index in [-0.39, 0.29) is 5.78 Å². The number of fused-ring (bicyclic) bond motifs is 1. The number of benzene rings is 1. The van der Waals surface area contributed by atoms with Gasteiger partial charge in [-0.1, -0.05) is 30.8 Å². The fraction of sp³-hybridized carbons (Fsp3) is 0.333. The molecule has 4 heteroatoms. The summed E-state index contributed by atoms with van der Waals surface area (Å²) in [4.78, 5) is 15.6. The van der Waals surface area contributed by atoms with Crippen molar-refractivity contribution in [2.24, 2.45) is 0 Å². The topological polar surface area (TPSA) is 43.1 Å². The Morgan fingerprint density at radius 2 is 2.25 bits per heavy atom. The molecule has 2 aromatic rings. The zero-order valence-electron chi connectivity index (χ0n) is 9.10. The van der Waals surface area contributed by atoms with Gasteiger partial charge in [0.15, 0.2) is 5.58 Å². The Morgan fingerprint density at radius 3 is 3.00 bits per heavy atom. The van der Waals surface area contributed by atoms with Crippen LogP contribution in [0.25, 0.3) is 11.1 Å². The lowest BCUT2D eigenvalue weighted by Crippen LogP contribution is -1.99. The van der Waals surface area contributed by atoms with E-state index in [1.165, 1.54) is 11.8 Å². The van der Waals surface area contributed by atoms with E-state index >= 15 is 0 Å². The van der Waals surface area contributed by atoms with Gasteiger partial charge in [-0.25, -0.2) is 4.98 Å². The Kier molecular flexibility index (Phi) is 3.62. The summed E-state index contributed by atoms with van der Waals surface area (Å²) in [6, 6.07) is 7.60. The van der Waals surface area contributed by atoms with Gasteiger partial charge in [-0.05, 0) is 18.6 Å². The molecular formula is C12H13NO2S. The van der Waals surface area contributed by atoms with Gasteiger partial charge in [-0.2, -0.15) is 0 Å². The van der Waals surface area contributed by atoms with E-state index in [1.807, 2.05) is 31.2 Å². The van der Waals surface area contributed by atoms with Crippen molar-refractivity contribution in [2.75, 3.05) is 5.75 Å². The first-order valence-corrected chi connectivity index (χ1v) is 6.28. The number of oxazole rings is 1. The summed E-state index contributed by atoms with van der Waals surface area (Å²) in [5.41, 5.74) is 1.61. The molecule has 1 aromatic carbocycles. The van der Waals surface area contributed by atoms with Crippen molar-refractivity contribution in [1.82, 2.24) is 4.98 Å². The summed E-state index contributed by atoms with van der Waals surface area (Å²) in [7, 11) is 0. The second kappa shape index (κ2) is 5.16. The highest BCUT2D eigenvalue weighted by molar-refractivity contribution is 7.99. The number of para-hydroxylation sites is 2. The quantitative estimate of drug-likeness (QED) is 0.746. The van der Waals surface area contributed by atoms with E-state index in [0.717, 1.165) is 17.5 Å². The van der Waals surface area contributed by atoms with Crippen LogP contribution in [-0.2, 0) is 4.79 Å². The molecule has 0 spiro atoms. The second-order valence-corrected chi connectivity index (χ2v) is 4.45. The zero-order chi connectivity index (χ0) is 11.4. The highest BCUT2D eigenvalue weighted by atomic mass is 32.2. The van der Waals surface area contributed by atoms with Crippen LogP contribution in [0.5, 0.6) is 0 Å². The molecule has 0 atom stereocenters. The lowest BCUT2D eigenvalue weighted by atomic mass is 10.3. The van der Waals surface area contributed by atoms with Gasteiger partial charge in [0.2, 0.25) is 0 Å². The summed E-state index contributed by atoms with van der Waals surface area (Å²) in [6.45, 7) is 2.00. The van der Waals surface area contributed by atoms with Crippen molar-refractivity contribution in [2.45, 2.75) is 25.0 Å². The van der Waals surface area contributed by atoms with Crippen molar-refractivity contribution < 1.29 is 9.21 Å². The average Bonchev–Trinajstić information content (AvgIpc) is 2.69. The smallest absolute Gasteiger partial charge is 0.257 e. The van der Waals surface area contributed by atoms with Crippen molar-refractivity contribution in [3.63, 3.8) is 0 Å². The van der Waals surface area contributed by atoms with Crippen molar-refractivity contribution in [3.8, 4) is 0 Å². The third-order valence-corrected chi connectivity index (χ3v) is 3.05. The Morgan fingerprint density at radius 1 is 1.44 bits per heavy atom. The van der Waals surface area contributed by atoms with Crippen LogP contribution in [0, 0.1) is 0 Å². The Bertz CT molecular complexity index is 459. The number of carbonyl (C=O) groups is 1. The zero-order valence-corrected chi connectivity index (χ0v) is 9.92. The molecule has 0 N–H and O–H groups in total. The number of hydrogen-bond acceptors (Lipinski definition) is 4. The highest BCUT2D eigenvalue weighted by Crippen LogP contribution is 2.23.